The average Bonchev–Trinajstić information content (AvgIpc) is 2.00. The minimum absolute atomic E-state index is 0.0178. The molecule has 0 aliphatic heterocycles. The van der Waals surface area contributed by atoms with Gasteiger partial charge in [-0.1, -0.05) is 11.6 Å². The van der Waals surface area contributed by atoms with Gasteiger partial charge in [-0.15, -0.1) is 0 Å². The number of nitrogens with zero attached hydrogens (tertiary/aromatic N) is 1. The number of pyridine rings is 1. The quantitative estimate of drug-likeness (QED) is 0.785. The minimum Gasteiger partial charge on any atom is -0.396 e. The second kappa shape index (κ2) is 4.07. The Kier molecular flexibility index (Phi) is 3.31. The highest BCUT2D eigenvalue weighted by Gasteiger charge is 2.05. The number of rotatable bonds is 2. The highest BCUT2D eigenvalue weighted by atomic mass is 79.9. The van der Waals surface area contributed by atoms with Crippen molar-refractivity contribution in [3.63, 3.8) is 0 Å². The first kappa shape index (κ1) is 9.77. The minimum atomic E-state index is 0.0178. The van der Waals surface area contributed by atoms with Crippen molar-refractivity contribution >= 4 is 33.2 Å². The van der Waals surface area contributed by atoms with Gasteiger partial charge in [-0.25, -0.2) is 4.98 Å². The number of aromatic nitrogens is 1. The Labute approximate surface area is 83.7 Å². The molecular weight excluding hydrogens is 243 g/mol. The van der Waals surface area contributed by atoms with Gasteiger partial charge in [0.2, 0.25) is 0 Å². The lowest BCUT2D eigenvalue weighted by molar-refractivity contribution is 0.298. The molecule has 0 saturated carbocycles. The third-order valence-electron chi connectivity index (χ3n) is 1.40. The van der Waals surface area contributed by atoms with Crippen molar-refractivity contribution < 1.29 is 5.11 Å². The van der Waals surface area contributed by atoms with Crippen LogP contribution in [0.3, 0.4) is 0 Å². The van der Waals surface area contributed by atoms with Crippen LogP contribution in [0.4, 0.5) is 5.69 Å². The highest BCUT2D eigenvalue weighted by molar-refractivity contribution is 9.10. The van der Waals surface area contributed by atoms with Gasteiger partial charge in [0.25, 0.3) is 0 Å². The summed E-state index contributed by atoms with van der Waals surface area (Å²) < 4.78 is 0.714. The maximum atomic E-state index is 8.67. The van der Waals surface area contributed by atoms with Crippen molar-refractivity contribution in [2.45, 2.75) is 6.42 Å². The zero-order valence-electron chi connectivity index (χ0n) is 6.22. The number of halogens is 2. The smallest absolute Gasteiger partial charge is 0.130 e. The van der Waals surface area contributed by atoms with E-state index in [1.54, 1.807) is 6.07 Å². The van der Waals surface area contributed by atoms with E-state index in [1.165, 1.54) is 0 Å². The van der Waals surface area contributed by atoms with Crippen molar-refractivity contribution in [1.29, 1.82) is 0 Å². The van der Waals surface area contributed by atoms with Gasteiger partial charge < -0.3 is 10.8 Å². The standard InChI is InChI=1S/C7H8BrClN2O/c8-4-3-6(9)11-5(1-2-12)7(4)10/h3,12H,1-2,10H2. The molecule has 0 spiro atoms. The van der Waals surface area contributed by atoms with Crippen molar-refractivity contribution in [2.75, 3.05) is 12.3 Å². The maximum absolute atomic E-state index is 8.67. The van der Waals surface area contributed by atoms with Crippen LogP contribution in [-0.2, 0) is 6.42 Å². The fraction of sp³-hybridized carbons (Fsp3) is 0.286. The van der Waals surface area contributed by atoms with E-state index in [9.17, 15) is 0 Å². The molecule has 0 fully saturated rings. The second-order valence-electron chi connectivity index (χ2n) is 2.26. The highest BCUT2D eigenvalue weighted by Crippen LogP contribution is 2.25. The molecule has 1 aromatic heterocycles. The summed E-state index contributed by atoms with van der Waals surface area (Å²) in [6.07, 6.45) is 0.422. The molecule has 0 bridgehead atoms. The summed E-state index contributed by atoms with van der Waals surface area (Å²) in [4.78, 5) is 3.97. The molecule has 0 amide bonds. The van der Waals surface area contributed by atoms with E-state index >= 15 is 0 Å². The number of nitrogens with two attached hydrogens (primary N) is 1. The predicted octanol–water partition coefficient (Wildman–Crippen LogP) is 1.61. The van der Waals surface area contributed by atoms with Crippen LogP contribution in [0.25, 0.3) is 0 Å². The Balaban J connectivity index is 3.09. The maximum Gasteiger partial charge on any atom is 0.130 e. The van der Waals surface area contributed by atoms with Crippen molar-refractivity contribution in [2.24, 2.45) is 0 Å². The number of nitrogen functional groups attached to an aromatic ring is 1. The van der Waals surface area contributed by atoms with Crippen molar-refractivity contribution in [1.82, 2.24) is 4.98 Å². The third-order valence-corrected chi connectivity index (χ3v) is 2.25. The van der Waals surface area contributed by atoms with Gasteiger partial charge >= 0.3 is 0 Å². The van der Waals surface area contributed by atoms with Crippen LogP contribution in [0, 0.1) is 0 Å². The van der Waals surface area contributed by atoms with Gasteiger partial charge in [0, 0.05) is 17.5 Å². The molecule has 0 radical (unpaired) electrons. The van der Waals surface area contributed by atoms with E-state index in [2.05, 4.69) is 20.9 Å². The van der Waals surface area contributed by atoms with E-state index in [4.69, 9.17) is 22.4 Å². The lowest BCUT2D eigenvalue weighted by atomic mass is 10.2. The number of aliphatic hydroxyl groups is 1. The lowest BCUT2D eigenvalue weighted by Gasteiger charge is -2.05. The third kappa shape index (κ3) is 2.09. The topological polar surface area (TPSA) is 59.1 Å². The summed E-state index contributed by atoms with van der Waals surface area (Å²) in [5.74, 6) is 0. The zero-order valence-corrected chi connectivity index (χ0v) is 8.56. The number of hydrogen-bond donors (Lipinski definition) is 2. The molecule has 0 unspecified atom stereocenters. The molecule has 1 aromatic rings. The molecular formula is C7H8BrClN2O. The van der Waals surface area contributed by atoms with Gasteiger partial charge in [-0.3, -0.25) is 0 Å². The van der Waals surface area contributed by atoms with Gasteiger partial charge in [-0.05, 0) is 22.0 Å². The Morgan fingerprint density at radius 1 is 1.67 bits per heavy atom. The molecule has 66 valence electrons. The average molecular weight is 252 g/mol. The van der Waals surface area contributed by atoms with Gasteiger partial charge in [0.15, 0.2) is 0 Å². The summed E-state index contributed by atoms with van der Waals surface area (Å²) in [5, 5.41) is 9.05. The Hall–Kier alpha value is -0.320. The summed E-state index contributed by atoms with van der Waals surface area (Å²) in [6.45, 7) is 0.0178. The van der Waals surface area contributed by atoms with Crippen LogP contribution >= 0.6 is 27.5 Å². The normalized spacial score (nSPS) is 10.2. The first-order valence-corrected chi connectivity index (χ1v) is 4.53. The van der Waals surface area contributed by atoms with Crippen LogP contribution < -0.4 is 5.73 Å². The van der Waals surface area contributed by atoms with Crippen molar-refractivity contribution in [3.8, 4) is 0 Å². The van der Waals surface area contributed by atoms with Gasteiger partial charge in [0.05, 0.1) is 11.4 Å². The summed E-state index contributed by atoms with van der Waals surface area (Å²) in [6, 6.07) is 1.62. The molecule has 0 aliphatic rings. The summed E-state index contributed by atoms with van der Waals surface area (Å²) in [7, 11) is 0. The number of aliphatic hydroxyl groups excluding tert-OH is 1. The van der Waals surface area contributed by atoms with E-state index in [1.807, 2.05) is 0 Å². The molecule has 0 aliphatic carbocycles. The molecule has 0 atom stereocenters. The Morgan fingerprint density at radius 3 is 2.92 bits per heavy atom. The summed E-state index contributed by atoms with van der Waals surface area (Å²) >= 11 is 8.92. The zero-order chi connectivity index (χ0) is 9.14. The molecule has 0 saturated heterocycles. The number of anilines is 1. The molecule has 3 N–H and O–H groups in total. The van der Waals surface area contributed by atoms with E-state index in [0.717, 1.165) is 0 Å². The predicted molar refractivity (Wildman–Crippen MR) is 52.1 cm³/mol. The molecule has 12 heavy (non-hydrogen) atoms. The first-order chi connectivity index (χ1) is 5.65. The Bertz CT molecular complexity index is 293. The molecule has 1 rings (SSSR count). The van der Waals surface area contributed by atoms with Crippen LogP contribution in [0.1, 0.15) is 5.69 Å². The monoisotopic (exact) mass is 250 g/mol. The molecule has 5 heteroatoms. The van der Waals surface area contributed by atoms with Crippen LogP contribution in [0.15, 0.2) is 10.5 Å². The fourth-order valence-electron chi connectivity index (χ4n) is 0.838. The number of hydrogen-bond acceptors (Lipinski definition) is 3. The van der Waals surface area contributed by atoms with Crippen LogP contribution in [0.2, 0.25) is 5.15 Å². The summed E-state index contributed by atoms with van der Waals surface area (Å²) in [5.41, 5.74) is 6.82. The van der Waals surface area contributed by atoms with Gasteiger partial charge in [-0.2, -0.15) is 0 Å². The SMILES string of the molecule is Nc1c(Br)cc(Cl)nc1CCO. The first-order valence-electron chi connectivity index (χ1n) is 3.36. The van der Waals surface area contributed by atoms with Crippen LogP contribution in [-0.4, -0.2) is 16.7 Å². The van der Waals surface area contributed by atoms with Crippen LogP contribution in [0.5, 0.6) is 0 Å². The molecule has 1 heterocycles. The van der Waals surface area contributed by atoms with E-state index in [0.29, 0.717) is 27.4 Å². The molecule has 0 aromatic carbocycles. The van der Waals surface area contributed by atoms with E-state index < -0.39 is 0 Å². The largest absolute Gasteiger partial charge is 0.396 e. The van der Waals surface area contributed by atoms with Gasteiger partial charge in [0.1, 0.15) is 5.15 Å². The Morgan fingerprint density at radius 2 is 2.33 bits per heavy atom. The molecule has 3 nitrogen and oxygen atoms in total. The second-order valence-corrected chi connectivity index (χ2v) is 3.50. The van der Waals surface area contributed by atoms with E-state index in [-0.39, 0.29) is 6.61 Å². The lowest BCUT2D eigenvalue weighted by Crippen LogP contribution is -2.01. The fourth-order valence-corrected chi connectivity index (χ4v) is 1.63. The van der Waals surface area contributed by atoms with Crippen molar-refractivity contribution in [3.05, 3.63) is 21.4 Å².